The van der Waals surface area contributed by atoms with Crippen LogP contribution in [0.1, 0.15) is 25.3 Å². The number of nitrogens with zero attached hydrogens (tertiary/aromatic N) is 2. The third kappa shape index (κ3) is 4.41. The summed E-state index contributed by atoms with van der Waals surface area (Å²) in [6.45, 7) is 3.38. The molecule has 2 aromatic rings. The highest BCUT2D eigenvalue weighted by Crippen LogP contribution is 2.18. The second-order valence-corrected chi connectivity index (χ2v) is 6.45. The van der Waals surface area contributed by atoms with Gasteiger partial charge in [0.2, 0.25) is 0 Å². The van der Waals surface area contributed by atoms with E-state index in [1.165, 1.54) is 4.68 Å². The van der Waals surface area contributed by atoms with E-state index in [0.29, 0.717) is 23.2 Å². The summed E-state index contributed by atoms with van der Waals surface area (Å²) in [6, 6.07) is 8.03. The summed E-state index contributed by atoms with van der Waals surface area (Å²) in [5, 5.41) is 7.45. The summed E-state index contributed by atoms with van der Waals surface area (Å²) < 4.78 is 3.07. The van der Waals surface area contributed by atoms with Crippen molar-refractivity contribution in [3.63, 3.8) is 0 Å². The standard InChI is InChI=1S/C15H17Br2N3O/c1-2-3-7-20-15(21)14(17)13(10-19-20)18-9-11-5-4-6-12(16)8-11/h4-6,8,10,18H,2-3,7,9H2,1H3. The van der Waals surface area contributed by atoms with Gasteiger partial charge in [0, 0.05) is 17.6 Å². The predicted octanol–water partition coefficient (Wildman–Crippen LogP) is 4.18. The molecule has 0 atom stereocenters. The molecule has 0 spiro atoms. The lowest BCUT2D eigenvalue weighted by Crippen LogP contribution is -2.24. The fourth-order valence-corrected chi connectivity index (χ4v) is 2.79. The van der Waals surface area contributed by atoms with E-state index in [1.807, 2.05) is 24.3 Å². The van der Waals surface area contributed by atoms with Gasteiger partial charge in [0.1, 0.15) is 4.47 Å². The zero-order valence-corrected chi connectivity index (χ0v) is 14.9. The van der Waals surface area contributed by atoms with Gasteiger partial charge in [0.15, 0.2) is 0 Å². The van der Waals surface area contributed by atoms with Crippen molar-refractivity contribution in [2.75, 3.05) is 5.32 Å². The van der Waals surface area contributed by atoms with E-state index in [-0.39, 0.29) is 5.56 Å². The predicted molar refractivity (Wildman–Crippen MR) is 92.6 cm³/mol. The molecule has 0 fully saturated rings. The average Bonchev–Trinajstić information content (AvgIpc) is 2.48. The summed E-state index contributed by atoms with van der Waals surface area (Å²) in [5.41, 5.74) is 1.75. The smallest absolute Gasteiger partial charge is 0.283 e. The normalized spacial score (nSPS) is 10.6. The monoisotopic (exact) mass is 413 g/mol. The van der Waals surface area contributed by atoms with E-state index in [4.69, 9.17) is 0 Å². The molecule has 21 heavy (non-hydrogen) atoms. The van der Waals surface area contributed by atoms with Crippen molar-refractivity contribution in [2.45, 2.75) is 32.9 Å². The number of aryl methyl sites for hydroxylation is 1. The van der Waals surface area contributed by atoms with Gasteiger partial charge in [-0.3, -0.25) is 4.79 Å². The van der Waals surface area contributed by atoms with Gasteiger partial charge >= 0.3 is 0 Å². The Bertz CT molecular complexity index is 670. The first-order valence-electron chi connectivity index (χ1n) is 6.85. The average molecular weight is 415 g/mol. The second kappa shape index (κ2) is 7.75. The number of hydrogen-bond donors (Lipinski definition) is 1. The minimum absolute atomic E-state index is 0.0947. The highest BCUT2D eigenvalue weighted by Gasteiger charge is 2.08. The molecule has 1 aromatic heterocycles. The number of anilines is 1. The lowest BCUT2D eigenvalue weighted by atomic mass is 10.2. The van der Waals surface area contributed by atoms with Crippen LogP contribution in [0.4, 0.5) is 5.69 Å². The molecule has 0 aliphatic carbocycles. The number of nitrogens with one attached hydrogen (secondary N) is 1. The Balaban J connectivity index is 2.10. The van der Waals surface area contributed by atoms with Crippen molar-refractivity contribution < 1.29 is 0 Å². The Kier molecular flexibility index (Phi) is 5.99. The van der Waals surface area contributed by atoms with Crippen LogP contribution in [0.15, 0.2) is 44.2 Å². The van der Waals surface area contributed by atoms with Gasteiger partial charge < -0.3 is 5.32 Å². The number of halogens is 2. The fraction of sp³-hybridized carbons (Fsp3) is 0.333. The van der Waals surface area contributed by atoms with E-state index < -0.39 is 0 Å². The van der Waals surface area contributed by atoms with E-state index in [1.54, 1.807) is 6.20 Å². The number of unbranched alkanes of at least 4 members (excludes halogenated alkanes) is 1. The molecule has 0 saturated heterocycles. The van der Waals surface area contributed by atoms with Crippen molar-refractivity contribution in [1.29, 1.82) is 0 Å². The highest BCUT2D eigenvalue weighted by molar-refractivity contribution is 9.10. The van der Waals surface area contributed by atoms with Crippen LogP contribution in [0.25, 0.3) is 0 Å². The van der Waals surface area contributed by atoms with Crippen molar-refractivity contribution >= 4 is 37.5 Å². The SMILES string of the molecule is CCCCn1ncc(NCc2cccc(Br)c2)c(Br)c1=O. The van der Waals surface area contributed by atoms with Crippen LogP contribution in [0.5, 0.6) is 0 Å². The number of aromatic nitrogens is 2. The summed E-state index contributed by atoms with van der Waals surface area (Å²) >= 11 is 6.81. The van der Waals surface area contributed by atoms with Crippen LogP contribution in [-0.2, 0) is 13.1 Å². The molecule has 2 rings (SSSR count). The molecule has 112 valence electrons. The molecule has 6 heteroatoms. The van der Waals surface area contributed by atoms with Gasteiger partial charge in [-0.05, 0) is 40.0 Å². The van der Waals surface area contributed by atoms with Crippen LogP contribution in [0, 0.1) is 0 Å². The Morgan fingerprint density at radius 3 is 2.86 bits per heavy atom. The van der Waals surface area contributed by atoms with Crippen molar-refractivity contribution in [3.8, 4) is 0 Å². The first-order chi connectivity index (χ1) is 10.1. The first-order valence-corrected chi connectivity index (χ1v) is 8.44. The molecular formula is C15H17Br2N3O. The maximum absolute atomic E-state index is 12.2. The summed E-state index contributed by atoms with van der Waals surface area (Å²) in [5.74, 6) is 0. The zero-order valence-electron chi connectivity index (χ0n) is 11.8. The van der Waals surface area contributed by atoms with Crippen molar-refractivity contribution in [1.82, 2.24) is 9.78 Å². The molecule has 0 amide bonds. The zero-order chi connectivity index (χ0) is 15.2. The first kappa shape index (κ1) is 16.2. The van der Waals surface area contributed by atoms with Gasteiger partial charge in [0.25, 0.3) is 5.56 Å². The lowest BCUT2D eigenvalue weighted by molar-refractivity contribution is 0.541. The van der Waals surface area contributed by atoms with Crippen LogP contribution >= 0.6 is 31.9 Å². The number of hydrogen-bond acceptors (Lipinski definition) is 3. The Labute approximate surface area is 140 Å². The van der Waals surface area contributed by atoms with Crippen molar-refractivity contribution in [3.05, 3.63) is 55.3 Å². The van der Waals surface area contributed by atoms with Gasteiger partial charge in [-0.2, -0.15) is 5.10 Å². The lowest BCUT2D eigenvalue weighted by Gasteiger charge is -2.10. The molecule has 1 heterocycles. The molecule has 1 aromatic carbocycles. The molecule has 0 radical (unpaired) electrons. The highest BCUT2D eigenvalue weighted by atomic mass is 79.9. The van der Waals surface area contributed by atoms with Gasteiger partial charge in [0.05, 0.1) is 11.9 Å². The second-order valence-electron chi connectivity index (χ2n) is 4.74. The molecule has 4 nitrogen and oxygen atoms in total. The summed E-state index contributed by atoms with van der Waals surface area (Å²) in [6.07, 6.45) is 3.68. The van der Waals surface area contributed by atoms with Gasteiger partial charge in [-0.25, -0.2) is 4.68 Å². The van der Waals surface area contributed by atoms with Crippen LogP contribution < -0.4 is 10.9 Å². The minimum Gasteiger partial charge on any atom is -0.379 e. The third-order valence-corrected chi connectivity index (χ3v) is 4.34. The molecule has 0 aliphatic heterocycles. The maximum Gasteiger partial charge on any atom is 0.283 e. The Hall–Kier alpha value is -1.14. The molecule has 0 bridgehead atoms. The van der Waals surface area contributed by atoms with Crippen LogP contribution in [0.2, 0.25) is 0 Å². The molecule has 1 N–H and O–H groups in total. The molecule has 0 saturated carbocycles. The van der Waals surface area contributed by atoms with Crippen LogP contribution in [-0.4, -0.2) is 9.78 Å². The number of benzene rings is 1. The Morgan fingerprint density at radius 2 is 2.14 bits per heavy atom. The quantitative estimate of drug-likeness (QED) is 0.771. The topological polar surface area (TPSA) is 46.9 Å². The fourth-order valence-electron chi connectivity index (χ4n) is 1.90. The molecular weight excluding hydrogens is 398 g/mol. The van der Waals surface area contributed by atoms with Crippen LogP contribution in [0.3, 0.4) is 0 Å². The Morgan fingerprint density at radius 1 is 1.33 bits per heavy atom. The third-order valence-electron chi connectivity index (χ3n) is 3.08. The largest absolute Gasteiger partial charge is 0.379 e. The molecule has 0 aliphatic rings. The summed E-state index contributed by atoms with van der Waals surface area (Å²) in [7, 11) is 0. The van der Waals surface area contributed by atoms with Gasteiger partial charge in [-0.15, -0.1) is 0 Å². The van der Waals surface area contributed by atoms with E-state index in [9.17, 15) is 4.79 Å². The van der Waals surface area contributed by atoms with Crippen molar-refractivity contribution in [2.24, 2.45) is 0 Å². The molecule has 0 unspecified atom stereocenters. The van der Waals surface area contributed by atoms with Gasteiger partial charge in [-0.1, -0.05) is 41.4 Å². The minimum atomic E-state index is -0.0947. The number of rotatable bonds is 6. The van der Waals surface area contributed by atoms with E-state index in [2.05, 4.69) is 49.2 Å². The van der Waals surface area contributed by atoms with E-state index >= 15 is 0 Å². The van der Waals surface area contributed by atoms with E-state index in [0.717, 1.165) is 22.9 Å². The maximum atomic E-state index is 12.2. The summed E-state index contributed by atoms with van der Waals surface area (Å²) in [4.78, 5) is 12.2.